The van der Waals surface area contributed by atoms with Crippen LogP contribution in [-0.4, -0.2) is 35.6 Å². The maximum absolute atomic E-state index is 13.2. The molecule has 1 aliphatic heterocycles. The van der Waals surface area contributed by atoms with Gasteiger partial charge in [-0.05, 0) is 42.2 Å². The summed E-state index contributed by atoms with van der Waals surface area (Å²) in [7, 11) is 0. The van der Waals surface area contributed by atoms with Crippen LogP contribution < -0.4 is 0 Å². The topological polar surface area (TPSA) is 95.4 Å². The third-order valence-corrected chi connectivity index (χ3v) is 5.61. The van der Waals surface area contributed by atoms with E-state index in [1.165, 1.54) is 0 Å². The van der Waals surface area contributed by atoms with Crippen molar-refractivity contribution < 1.29 is 14.3 Å². The third-order valence-electron chi connectivity index (χ3n) is 5.61. The molecule has 0 aromatic heterocycles. The fraction of sp³-hybridized carbons (Fsp3) is 0.579. The molecule has 26 heavy (non-hydrogen) atoms. The second-order valence-corrected chi connectivity index (χ2v) is 6.66. The zero-order valence-corrected chi connectivity index (χ0v) is 15.6. The Morgan fingerprint density at radius 1 is 1.31 bits per heavy atom. The van der Waals surface area contributed by atoms with Gasteiger partial charge in [0, 0.05) is 4.91 Å². The molecule has 7 heteroatoms. The molecule has 2 rings (SSSR count). The van der Waals surface area contributed by atoms with Gasteiger partial charge < -0.3 is 4.74 Å². The normalized spacial score (nSPS) is 18.2. The molecule has 0 N–H and O–H groups in total. The molecule has 140 valence electrons. The number of hydrogen-bond donors (Lipinski definition) is 0. The van der Waals surface area contributed by atoms with Crippen LogP contribution in [0.5, 0.6) is 0 Å². The summed E-state index contributed by atoms with van der Waals surface area (Å²) in [5.74, 6) is -0.461. The van der Waals surface area contributed by atoms with E-state index in [-0.39, 0.29) is 6.61 Å². The molecule has 1 saturated heterocycles. The number of benzene rings is 1. The first-order chi connectivity index (χ1) is 12.5. The Balaban J connectivity index is 2.32. The van der Waals surface area contributed by atoms with Crippen LogP contribution in [-0.2, 0) is 16.0 Å². The summed E-state index contributed by atoms with van der Waals surface area (Å²) in [6.45, 7) is 6.08. The highest BCUT2D eigenvalue weighted by atomic mass is 16.6. The molecule has 1 aromatic rings. The van der Waals surface area contributed by atoms with Gasteiger partial charge in [0.05, 0.1) is 6.04 Å². The molecule has 0 saturated carbocycles. The SMILES string of the molecule is CCC(CC)(CC)[C@H](N=[N+]=[N-])C(=O)N1C(=O)OC[C@@H]1Cc1ccccc1. The van der Waals surface area contributed by atoms with E-state index in [0.29, 0.717) is 25.7 Å². The third kappa shape index (κ3) is 3.83. The molecule has 1 heterocycles. The van der Waals surface area contributed by atoms with Gasteiger partial charge in [0.1, 0.15) is 12.6 Å². The van der Waals surface area contributed by atoms with E-state index in [9.17, 15) is 9.59 Å². The first-order valence-corrected chi connectivity index (χ1v) is 9.10. The lowest BCUT2D eigenvalue weighted by molar-refractivity contribution is -0.134. The smallest absolute Gasteiger partial charge is 0.416 e. The highest BCUT2D eigenvalue weighted by Crippen LogP contribution is 2.38. The minimum atomic E-state index is -0.920. The molecule has 7 nitrogen and oxygen atoms in total. The maximum Gasteiger partial charge on any atom is 0.416 e. The highest BCUT2D eigenvalue weighted by Gasteiger charge is 2.46. The van der Waals surface area contributed by atoms with Crippen LogP contribution in [0.1, 0.15) is 45.6 Å². The van der Waals surface area contributed by atoms with Gasteiger partial charge >= 0.3 is 6.09 Å². The quantitative estimate of drug-likeness (QED) is 0.389. The molecule has 0 aliphatic carbocycles. The van der Waals surface area contributed by atoms with Crippen molar-refractivity contribution in [1.82, 2.24) is 4.90 Å². The minimum absolute atomic E-state index is 0.153. The van der Waals surface area contributed by atoms with Crippen molar-refractivity contribution in [2.24, 2.45) is 10.5 Å². The van der Waals surface area contributed by atoms with Crippen molar-refractivity contribution >= 4 is 12.0 Å². The molecule has 1 aromatic carbocycles. The zero-order chi connectivity index (χ0) is 19.2. The first-order valence-electron chi connectivity index (χ1n) is 9.10. The van der Waals surface area contributed by atoms with Gasteiger partial charge in [-0.3, -0.25) is 4.79 Å². The maximum atomic E-state index is 13.2. The molecule has 1 aliphatic rings. The van der Waals surface area contributed by atoms with Gasteiger partial charge in [-0.1, -0.05) is 56.2 Å². The molecule has 0 spiro atoms. The number of carbonyl (C=O) groups excluding carboxylic acids is 2. The van der Waals surface area contributed by atoms with Gasteiger partial charge in [0.25, 0.3) is 0 Å². The Morgan fingerprint density at radius 2 is 1.92 bits per heavy atom. The van der Waals surface area contributed by atoms with Crippen LogP contribution in [0.2, 0.25) is 0 Å². The fourth-order valence-electron chi connectivity index (χ4n) is 3.71. The van der Waals surface area contributed by atoms with Crippen molar-refractivity contribution in [3.05, 3.63) is 46.3 Å². The van der Waals surface area contributed by atoms with Crippen LogP contribution in [0.15, 0.2) is 35.4 Å². The number of carbonyl (C=O) groups is 2. The van der Waals surface area contributed by atoms with E-state index in [1.54, 1.807) is 0 Å². The van der Waals surface area contributed by atoms with Crippen LogP contribution in [0, 0.1) is 5.41 Å². The highest BCUT2D eigenvalue weighted by molar-refractivity contribution is 5.97. The number of imide groups is 1. The summed E-state index contributed by atoms with van der Waals surface area (Å²) in [5.41, 5.74) is 9.56. The number of azide groups is 1. The first kappa shape index (κ1) is 19.8. The average Bonchev–Trinajstić information content (AvgIpc) is 3.03. The predicted octanol–water partition coefficient (Wildman–Crippen LogP) is 4.47. The summed E-state index contributed by atoms with van der Waals surface area (Å²) in [6.07, 6.45) is 1.90. The molecule has 1 fully saturated rings. The predicted molar refractivity (Wildman–Crippen MR) is 98.4 cm³/mol. The van der Waals surface area contributed by atoms with Crippen LogP contribution in [0.4, 0.5) is 4.79 Å². The van der Waals surface area contributed by atoms with Gasteiger partial charge in [-0.15, -0.1) is 0 Å². The van der Waals surface area contributed by atoms with Crippen molar-refractivity contribution in [2.75, 3.05) is 6.61 Å². The van der Waals surface area contributed by atoms with Crippen molar-refractivity contribution in [2.45, 2.75) is 58.5 Å². The van der Waals surface area contributed by atoms with Gasteiger partial charge in [0.15, 0.2) is 0 Å². The molecule has 0 unspecified atom stereocenters. The van der Waals surface area contributed by atoms with E-state index in [4.69, 9.17) is 10.3 Å². The Kier molecular flexibility index (Phi) is 6.64. The number of amides is 2. The lowest BCUT2D eigenvalue weighted by Crippen LogP contribution is -2.50. The lowest BCUT2D eigenvalue weighted by atomic mass is 9.73. The van der Waals surface area contributed by atoms with E-state index in [0.717, 1.165) is 10.5 Å². The fourth-order valence-corrected chi connectivity index (χ4v) is 3.71. The van der Waals surface area contributed by atoms with Crippen molar-refractivity contribution in [3.8, 4) is 0 Å². The Labute approximate surface area is 153 Å². The zero-order valence-electron chi connectivity index (χ0n) is 15.6. The summed E-state index contributed by atoms with van der Waals surface area (Å²) >= 11 is 0. The van der Waals surface area contributed by atoms with Crippen LogP contribution >= 0.6 is 0 Å². The Morgan fingerprint density at radius 3 is 2.46 bits per heavy atom. The summed E-state index contributed by atoms with van der Waals surface area (Å²) in [6, 6.07) is 8.33. The van der Waals surface area contributed by atoms with E-state index in [2.05, 4.69) is 10.0 Å². The number of ether oxygens (including phenoxy) is 1. The summed E-state index contributed by atoms with van der Waals surface area (Å²) in [5, 5.41) is 3.81. The number of hydrogen-bond acceptors (Lipinski definition) is 4. The van der Waals surface area contributed by atoms with Crippen molar-refractivity contribution in [3.63, 3.8) is 0 Å². The van der Waals surface area contributed by atoms with Crippen molar-refractivity contribution in [1.29, 1.82) is 0 Å². The van der Waals surface area contributed by atoms with Gasteiger partial charge in [-0.2, -0.15) is 0 Å². The second kappa shape index (κ2) is 8.72. The van der Waals surface area contributed by atoms with E-state index < -0.39 is 29.5 Å². The largest absolute Gasteiger partial charge is 0.447 e. The molecule has 2 atom stereocenters. The molecule has 0 bridgehead atoms. The monoisotopic (exact) mass is 358 g/mol. The summed E-state index contributed by atoms with van der Waals surface area (Å²) in [4.78, 5) is 29.5. The van der Waals surface area contributed by atoms with Gasteiger partial charge in [-0.25, -0.2) is 9.69 Å². The lowest BCUT2D eigenvalue weighted by Gasteiger charge is -2.37. The van der Waals surface area contributed by atoms with Crippen LogP contribution in [0.25, 0.3) is 10.4 Å². The number of cyclic esters (lactones) is 1. The standard InChI is InChI=1S/C19H26N4O3/c1-4-19(5-2,6-3)16(21-22-20)17(24)23-15(13-26-18(23)25)12-14-10-8-7-9-11-14/h7-11,15-16H,4-6,12-13H2,1-3H3/t15-,16+/m0/s1. The van der Waals surface area contributed by atoms with E-state index in [1.807, 2.05) is 51.1 Å². The van der Waals surface area contributed by atoms with Gasteiger partial charge in [0.2, 0.25) is 5.91 Å². The average molecular weight is 358 g/mol. The Hall–Kier alpha value is -2.53. The molecular weight excluding hydrogens is 332 g/mol. The molecule has 2 amide bonds. The molecular formula is C19H26N4O3. The number of nitrogens with zero attached hydrogens (tertiary/aromatic N) is 4. The summed E-state index contributed by atoms with van der Waals surface area (Å²) < 4.78 is 5.14. The minimum Gasteiger partial charge on any atom is -0.447 e. The molecule has 0 radical (unpaired) electrons. The number of rotatable bonds is 8. The Bertz CT molecular complexity index is 673. The second-order valence-electron chi connectivity index (χ2n) is 6.66. The van der Waals surface area contributed by atoms with E-state index >= 15 is 0 Å². The van der Waals surface area contributed by atoms with Crippen LogP contribution in [0.3, 0.4) is 0 Å².